The molecule has 0 aliphatic heterocycles. The summed E-state index contributed by atoms with van der Waals surface area (Å²) >= 11 is 0. The predicted molar refractivity (Wildman–Crippen MR) is 113 cm³/mol. The summed E-state index contributed by atoms with van der Waals surface area (Å²) < 4.78 is 4.94. The van der Waals surface area contributed by atoms with Crippen LogP contribution in [0, 0.1) is 16.0 Å². The zero-order valence-corrected chi connectivity index (χ0v) is 17.4. The van der Waals surface area contributed by atoms with Crippen molar-refractivity contribution in [3.8, 4) is 11.5 Å². The van der Waals surface area contributed by atoms with E-state index in [-0.39, 0.29) is 45.9 Å². The minimum absolute atomic E-state index is 0.0436. The van der Waals surface area contributed by atoms with Crippen molar-refractivity contribution in [1.82, 2.24) is 5.43 Å². The average Bonchev–Trinajstić information content (AvgIpc) is 3.49. The van der Waals surface area contributed by atoms with Crippen LogP contribution >= 0.6 is 0 Å². The Morgan fingerprint density at radius 3 is 2.53 bits per heavy atom. The summed E-state index contributed by atoms with van der Waals surface area (Å²) in [7, 11) is 1.29. The normalized spacial score (nSPS) is 18.3. The lowest BCUT2D eigenvalue weighted by molar-refractivity contribution is -0.385. The molecule has 0 aromatic heterocycles. The Morgan fingerprint density at radius 1 is 1.30 bits per heavy atom. The molecule has 1 amide bonds. The fourth-order valence-corrected chi connectivity index (χ4v) is 3.31. The summed E-state index contributed by atoms with van der Waals surface area (Å²) in [4.78, 5) is 22.8. The van der Waals surface area contributed by atoms with Crippen LogP contribution in [0.4, 0.5) is 5.69 Å². The van der Waals surface area contributed by atoms with Crippen LogP contribution in [0.2, 0.25) is 0 Å². The molecule has 3 rings (SSSR count). The smallest absolute Gasteiger partial charge is 0.274 e. The first-order valence-electron chi connectivity index (χ1n) is 9.60. The number of nitrogens with zero attached hydrogens (tertiary/aromatic N) is 2. The number of benzene rings is 2. The highest BCUT2D eigenvalue weighted by atomic mass is 16.6. The van der Waals surface area contributed by atoms with Crippen LogP contribution in [-0.4, -0.2) is 29.3 Å². The molecule has 158 valence electrons. The molecule has 2 N–H and O–H groups in total. The second-order valence-electron chi connectivity index (χ2n) is 8.40. The zero-order chi connectivity index (χ0) is 22.1. The molecule has 8 heteroatoms. The highest BCUT2D eigenvalue weighted by Crippen LogP contribution is 2.47. The maximum absolute atomic E-state index is 12.4. The Bertz CT molecular complexity index is 993. The number of amides is 1. The Balaban J connectivity index is 1.64. The van der Waals surface area contributed by atoms with Crippen molar-refractivity contribution < 1.29 is 19.6 Å². The number of phenols is 1. The summed E-state index contributed by atoms with van der Waals surface area (Å²) in [6.45, 7) is 6.46. The Kier molecular flexibility index (Phi) is 5.78. The van der Waals surface area contributed by atoms with Crippen molar-refractivity contribution in [2.45, 2.75) is 38.5 Å². The van der Waals surface area contributed by atoms with Crippen LogP contribution in [0.5, 0.6) is 11.5 Å². The highest BCUT2D eigenvalue weighted by molar-refractivity contribution is 5.88. The largest absolute Gasteiger partial charge is 0.504 e. The van der Waals surface area contributed by atoms with Gasteiger partial charge in [0.1, 0.15) is 0 Å². The lowest BCUT2D eigenvalue weighted by Crippen LogP contribution is -2.20. The van der Waals surface area contributed by atoms with Crippen LogP contribution in [0.15, 0.2) is 41.5 Å². The molecule has 30 heavy (non-hydrogen) atoms. The molecule has 0 unspecified atom stereocenters. The number of nitro groups is 1. The van der Waals surface area contributed by atoms with Gasteiger partial charge in [0.05, 0.1) is 24.3 Å². The fraction of sp³-hybridized carbons (Fsp3) is 0.364. The van der Waals surface area contributed by atoms with Gasteiger partial charge in [0, 0.05) is 17.5 Å². The highest BCUT2D eigenvalue weighted by Gasteiger charge is 2.44. The molecule has 2 atom stereocenters. The van der Waals surface area contributed by atoms with E-state index in [1.165, 1.54) is 12.7 Å². The summed E-state index contributed by atoms with van der Waals surface area (Å²) in [5.74, 6) is -0.577. The molecule has 1 fully saturated rings. The van der Waals surface area contributed by atoms with Crippen LogP contribution in [0.1, 0.15) is 49.8 Å². The molecule has 1 aliphatic rings. The van der Waals surface area contributed by atoms with Gasteiger partial charge >= 0.3 is 0 Å². The first-order valence-corrected chi connectivity index (χ1v) is 9.60. The monoisotopic (exact) mass is 411 g/mol. The van der Waals surface area contributed by atoms with Crippen molar-refractivity contribution in [3.63, 3.8) is 0 Å². The van der Waals surface area contributed by atoms with Crippen molar-refractivity contribution in [2.75, 3.05) is 7.11 Å². The van der Waals surface area contributed by atoms with Gasteiger partial charge in [-0.2, -0.15) is 5.10 Å². The van der Waals surface area contributed by atoms with Crippen molar-refractivity contribution in [3.05, 3.63) is 63.2 Å². The van der Waals surface area contributed by atoms with Gasteiger partial charge in [-0.3, -0.25) is 14.9 Å². The Hall–Kier alpha value is -3.42. The summed E-state index contributed by atoms with van der Waals surface area (Å²) in [5, 5.41) is 25.0. The van der Waals surface area contributed by atoms with Gasteiger partial charge in [-0.15, -0.1) is 0 Å². The molecule has 1 saturated carbocycles. The van der Waals surface area contributed by atoms with Gasteiger partial charge in [0.15, 0.2) is 11.5 Å². The topological polar surface area (TPSA) is 114 Å². The standard InChI is InChI=1S/C22H25N3O5/c1-22(2,3)15-7-5-13(6-8-15)17-11-18(17)21(27)24-23-12-14-9-16(25(28)29)10-19(30-4)20(14)26/h5-10,12,17-18,26H,11H2,1-4H3,(H,24,27)/b23-12+/t17-,18+/m1/s1. The molecule has 0 radical (unpaired) electrons. The number of ether oxygens (including phenoxy) is 1. The molecular formula is C22H25N3O5. The average molecular weight is 411 g/mol. The fourth-order valence-electron chi connectivity index (χ4n) is 3.31. The zero-order valence-electron chi connectivity index (χ0n) is 17.4. The first kappa shape index (κ1) is 21.3. The minimum atomic E-state index is -0.600. The molecule has 1 aliphatic carbocycles. The second kappa shape index (κ2) is 8.14. The molecular weight excluding hydrogens is 386 g/mol. The van der Waals surface area contributed by atoms with Gasteiger partial charge in [-0.1, -0.05) is 45.0 Å². The summed E-state index contributed by atoms with van der Waals surface area (Å²) in [6.07, 6.45) is 1.91. The third-order valence-corrected chi connectivity index (χ3v) is 5.23. The first-order chi connectivity index (χ1) is 14.1. The van der Waals surface area contributed by atoms with Crippen molar-refractivity contribution in [1.29, 1.82) is 0 Å². The molecule has 0 spiro atoms. The van der Waals surface area contributed by atoms with Gasteiger partial charge in [0.2, 0.25) is 5.91 Å². The third kappa shape index (κ3) is 4.59. The number of methoxy groups -OCH3 is 1. The molecule has 0 heterocycles. The lowest BCUT2D eigenvalue weighted by atomic mass is 9.86. The number of nitro benzene ring substituents is 1. The summed E-state index contributed by atoms with van der Waals surface area (Å²) in [5.41, 5.74) is 4.71. The minimum Gasteiger partial charge on any atom is -0.504 e. The number of nitrogens with one attached hydrogen (secondary N) is 1. The lowest BCUT2D eigenvalue weighted by Gasteiger charge is -2.19. The summed E-state index contributed by atoms with van der Waals surface area (Å²) in [6, 6.07) is 10.6. The SMILES string of the molecule is COc1cc([N+](=O)[O-])cc(/C=N/NC(=O)[C@H]2C[C@@H]2c2ccc(C(C)(C)C)cc2)c1O. The van der Waals surface area contributed by atoms with Crippen molar-refractivity contribution in [2.24, 2.45) is 11.0 Å². The van der Waals surface area contributed by atoms with Crippen LogP contribution in [0.25, 0.3) is 0 Å². The van der Waals surface area contributed by atoms with E-state index in [9.17, 15) is 20.0 Å². The third-order valence-electron chi connectivity index (χ3n) is 5.23. The van der Waals surface area contributed by atoms with Gasteiger partial charge < -0.3 is 9.84 Å². The van der Waals surface area contributed by atoms with E-state index in [1.807, 2.05) is 0 Å². The van der Waals surface area contributed by atoms with Crippen molar-refractivity contribution >= 4 is 17.8 Å². The maximum atomic E-state index is 12.4. The van der Waals surface area contributed by atoms with E-state index in [0.29, 0.717) is 0 Å². The number of hydrogen-bond donors (Lipinski definition) is 2. The number of aromatic hydroxyl groups is 1. The van der Waals surface area contributed by atoms with E-state index in [4.69, 9.17) is 4.74 Å². The number of phenolic OH excluding ortho intramolecular Hbond substituents is 1. The van der Waals surface area contributed by atoms with Crippen LogP contribution in [0.3, 0.4) is 0 Å². The number of carbonyl (C=O) groups is 1. The number of carbonyl (C=O) groups excluding carboxylic acids is 1. The predicted octanol–water partition coefficient (Wildman–Crippen LogP) is 3.86. The number of hydrogen-bond acceptors (Lipinski definition) is 6. The van der Waals surface area contributed by atoms with Gasteiger partial charge in [-0.25, -0.2) is 5.43 Å². The Labute approximate surface area is 174 Å². The Morgan fingerprint density at radius 2 is 1.97 bits per heavy atom. The molecule has 0 bridgehead atoms. The molecule has 2 aromatic rings. The van der Waals surface area contributed by atoms with E-state index >= 15 is 0 Å². The quantitative estimate of drug-likeness (QED) is 0.426. The van der Waals surface area contributed by atoms with E-state index in [1.54, 1.807) is 0 Å². The number of hydrazone groups is 1. The van der Waals surface area contributed by atoms with Crippen LogP contribution < -0.4 is 10.2 Å². The number of non-ortho nitro benzene ring substituents is 1. The van der Waals surface area contributed by atoms with E-state index in [0.717, 1.165) is 30.3 Å². The van der Waals surface area contributed by atoms with Gasteiger partial charge in [-0.05, 0) is 28.9 Å². The van der Waals surface area contributed by atoms with E-state index < -0.39 is 4.92 Å². The number of rotatable bonds is 6. The maximum Gasteiger partial charge on any atom is 0.274 e. The van der Waals surface area contributed by atoms with E-state index in [2.05, 4.69) is 55.6 Å². The molecule has 2 aromatic carbocycles. The van der Waals surface area contributed by atoms with Gasteiger partial charge in [0.25, 0.3) is 5.69 Å². The molecule has 0 saturated heterocycles. The second-order valence-corrected chi connectivity index (χ2v) is 8.40. The molecule has 8 nitrogen and oxygen atoms in total. The van der Waals surface area contributed by atoms with Crippen LogP contribution in [-0.2, 0) is 10.2 Å².